The van der Waals surface area contributed by atoms with Gasteiger partial charge in [0.15, 0.2) is 0 Å². The molecule has 0 bridgehead atoms. The van der Waals surface area contributed by atoms with Crippen molar-refractivity contribution >= 4 is 29.3 Å². The van der Waals surface area contributed by atoms with Crippen LogP contribution in [0.5, 0.6) is 5.75 Å². The van der Waals surface area contributed by atoms with E-state index in [-0.39, 0.29) is 24.3 Å². The molecule has 2 saturated heterocycles. The number of methoxy groups -OCH3 is 2. The molecule has 0 unspecified atom stereocenters. The first-order valence-electron chi connectivity index (χ1n) is 11.8. The zero-order chi connectivity index (χ0) is 25.7. The van der Waals surface area contributed by atoms with Gasteiger partial charge in [0.25, 0.3) is 11.8 Å². The Morgan fingerprint density at radius 2 is 1.78 bits per heavy atom. The molecule has 4 rings (SSSR count). The topological polar surface area (TPSA) is 97.4 Å². The summed E-state index contributed by atoms with van der Waals surface area (Å²) in [6, 6.07) is 12.8. The molecule has 2 fully saturated rings. The van der Waals surface area contributed by atoms with E-state index in [0.29, 0.717) is 61.0 Å². The molecule has 0 aliphatic carbocycles. The van der Waals surface area contributed by atoms with Crippen molar-refractivity contribution in [2.45, 2.75) is 24.6 Å². The standard InChI is InChI=1S/C26H30ClN3O6/c1-34-15-12-28-23(31)22-17-36-26(30(22)25(33)18-6-8-21(35-2)9-7-18)10-13-29(14-11-26)24(32)19-4-3-5-20(27)16-19/h3-9,16,22H,10-15,17H2,1-2H3,(H,28,31)/t22-/m0/s1. The minimum atomic E-state index is -0.995. The van der Waals surface area contributed by atoms with E-state index in [4.69, 9.17) is 25.8 Å². The van der Waals surface area contributed by atoms with Gasteiger partial charge in [0.1, 0.15) is 17.5 Å². The van der Waals surface area contributed by atoms with Crippen LogP contribution >= 0.6 is 11.6 Å². The van der Waals surface area contributed by atoms with Gasteiger partial charge in [0, 0.05) is 55.7 Å². The summed E-state index contributed by atoms with van der Waals surface area (Å²) in [6.07, 6.45) is 0.756. The zero-order valence-corrected chi connectivity index (χ0v) is 21.1. The Labute approximate surface area is 215 Å². The summed E-state index contributed by atoms with van der Waals surface area (Å²) >= 11 is 6.06. The highest BCUT2D eigenvalue weighted by Gasteiger charge is 2.54. The molecule has 2 heterocycles. The number of hydrogen-bond donors (Lipinski definition) is 1. The highest BCUT2D eigenvalue weighted by molar-refractivity contribution is 6.30. The Hall–Kier alpha value is -3.14. The molecule has 0 saturated carbocycles. The molecule has 1 N–H and O–H groups in total. The van der Waals surface area contributed by atoms with Crippen molar-refractivity contribution in [1.29, 1.82) is 0 Å². The van der Waals surface area contributed by atoms with Gasteiger partial charge in [-0.25, -0.2) is 0 Å². The molecule has 3 amide bonds. The normalized spacial score (nSPS) is 18.8. The van der Waals surface area contributed by atoms with Crippen LogP contribution in [0.3, 0.4) is 0 Å². The molecular formula is C26H30ClN3O6. The Morgan fingerprint density at radius 1 is 1.06 bits per heavy atom. The maximum Gasteiger partial charge on any atom is 0.256 e. The highest BCUT2D eigenvalue weighted by atomic mass is 35.5. The molecule has 0 radical (unpaired) electrons. The van der Waals surface area contributed by atoms with Crippen LogP contribution in [0.1, 0.15) is 33.6 Å². The Morgan fingerprint density at radius 3 is 2.42 bits per heavy atom. The first kappa shape index (κ1) is 25.9. The SMILES string of the molecule is COCCNC(=O)[C@@H]1COC2(CCN(C(=O)c3cccc(Cl)c3)CC2)N1C(=O)c1ccc(OC)cc1. The van der Waals surface area contributed by atoms with E-state index < -0.39 is 11.8 Å². The largest absolute Gasteiger partial charge is 0.497 e. The maximum atomic E-state index is 13.7. The van der Waals surface area contributed by atoms with E-state index in [2.05, 4.69) is 5.32 Å². The summed E-state index contributed by atoms with van der Waals surface area (Å²) in [7, 11) is 3.11. The molecule has 2 aromatic carbocycles. The second kappa shape index (κ2) is 11.3. The third-order valence-corrected chi connectivity index (χ3v) is 6.86. The quantitative estimate of drug-likeness (QED) is 0.569. The van der Waals surface area contributed by atoms with Gasteiger partial charge in [-0.1, -0.05) is 17.7 Å². The van der Waals surface area contributed by atoms with E-state index in [1.807, 2.05) is 0 Å². The Bertz CT molecular complexity index is 1100. The summed E-state index contributed by atoms with van der Waals surface area (Å²) in [5.74, 6) is -0.118. The molecule has 2 aromatic rings. The van der Waals surface area contributed by atoms with Crippen molar-refractivity contribution in [2.24, 2.45) is 0 Å². The molecule has 9 nitrogen and oxygen atoms in total. The van der Waals surface area contributed by atoms with Gasteiger partial charge >= 0.3 is 0 Å². The predicted octanol–water partition coefficient (Wildman–Crippen LogP) is 2.58. The van der Waals surface area contributed by atoms with Gasteiger partial charge in [-0.2, -0.15) is 0 Å². The van der Waals surface area contributed by atoms with Crippen LogP contribution < -0.4 is 10.1 Å². The maximum absolute atomic E-state index is 13.7. The smallest absolute Gasteiger partial charge is 0.256 e. The summed E-state index contributed by atoms with van der Waals surface area (Å²) < 4.78 is 16.4. The van der Waals surface area contributed by atoms with Gasteiger partial charge in [0.2, 0.25) is 5.91 Å². The fourth-order valence-electron chi connectivity index (χ4n) is 4.70. The molecule has 0 aromatic heterocycles. The summed E-state index contributed by atoms with van der Waals surface area (Å²) in [4.78, 5) is 43.1. The minimum Gasteiger partial charge on any atom is -0.497 e. The number of carbonyl (C=O) groups is 3. The van der Waals surface area contributed by atoms with E-state index in [1.165, 1.54) is 0 Å². The second-order valence-electron chi connectivity index (χ2n) is 8.76. The number of nitrogens with zero attached hydrogens (tertiary/aromatic N) is 2. The number of halogens is 1. The third-order valence-electron chi connectivity index (χ3n) is 6.63. The van der Waals surface area contributed by atoms with E-state index in [1.54, 1.807) is 72.6 Å². The average Bonchev–Trinajstić information content (AvgIpc) is 3.27. The number of rotatable bonds is 7. The van der Waals surface area contributed by atoms with E-state index in [0.717, 1.165) is 0 Å². The average molecular weight is 516 g/mol. The third kappa shape index (κ3) is 5.33. The molecule has 1 atom stereocenters. The lowest BCUT2D eigenvalue weighted by atomic mass is 9.96. The number of hydrogen-bond acceptors (Lipinski definition) is 6. The lowest BCUT2D eigenvalue weighted by molar-refractivity contribution is -0.128. The molecule has 2 aliphatic rings. The van der Waals surface area contributed by atoms with Crippen molar-refractivity contribution in [3.8, 4) is 5.75 Å². The Balaban J connectivity index is 1.55. The van der Waals surface area contributed by atoms with Gasteiger partial charge < -0.3 is 24.4 Å². The van der Waals surface area contributed by atoms with E-state index in [9.17, 15) is 14.4 Å². The van der Waals surface area contributed by atoms with Crippen molar-refractivity contribution in [3.63, 3.8) is 0 Å². The minimum absolute atomic E-state index is 0.0724. The van der Waals surface area contributed by atoms with Gasteiger partial charge in [-0.3, -0.25) is 19.3 Å². The van der Waals surface area contributed by atoms with Crippen LogP contribution in [0, 0.1) is 0 Å². The monoisotopic (exact) mass is 515 g/mol. The lowest BCUT2D eigenvalue weighted by Gasteiger charge is -2.44. The van der Waals surface area contributed by atoms with Crippen LogP contribution in [-0.4, -0.2) is 86.4 Å². The summed E-state index contributed by atoms with van der Waals surface area (Å²) in [5.41, 5.74) is -0.0640. The molecule has 10 heteroatoms. The zero-order valence-electron chi connectivity index (χ0n) is 20.4. The Kier molecular flexibility index (Phi) is 8.13. The van der Waals surface area contributed by atoms with Crippen LogP contribution in [-0.2, 0) is 14.3 Å². The number of carbonyl (C=O) groups excluding carboxylic acids is 3. The van der Waals surface area contributed by atoms with Gasteiger partial charge in [-0.15, -0.1) is 0 Å². The number of benzene rings is 2. The number of ether oxygens (including phenoxy) is 3. The summed E-state index contributed by atoms with van der Waals surface area (Å²) in [6.45, 7) is 1.50. The van der Waals surface area contributed by atoms with Crippen LogP contribution in [0.15, 0.2) is 48.5 Å². The predicted molar refractivity (Wildman–Crippen MR) is 133 cm³/mol. The molecule has 2 aliphatic heterocycles. The molecular weight excluding hydrogens is 486 g/mol. The lowest BCUT2D eigenvalue weighted by Crippen LogP contribution is -2.60. The first-order valence-corrected chi connectivity index (χ1v) is 12.2. The second-order valence-corrected chi connectivity index (χ2v) is 9.20. The molecule has 1 spiro atoms. The fraction of sp³-hybridized carbons (Fsp3) is 0.423. The molecule has 36 heavy (non-hydrogen) atoms. The van der Waals surface area contributed by atoms with E-state index >= 15 is 0 Å². The van der Waals surface area contributed by atoms with Crippen molar-refractivity contribution in [3.05, 3.63) is 64.7 Å². The number of nitrogens with one attached hydrogen (secondary N) is 1. The van der Waals surface area contributed by atoms with Crippen LogP contribution in [0.4, 0.5) is 0 Å². The van der Waals surface area contributed by atoms with Crippen LogP contribution in [0.2, 0.25) is 5.02 Å². The van der Waals surface area contributed by atoms with Crippen LogP contribution in [0.25, 0.3) is 0 Å². The summed E-state index contributed by atoms with van der Waals surface area (Å²) in [5, 5.41) is 3.31. The number of likely N-dealkylation sites (tertiary alicyclic amines) is 1. The van der Waals surface area contributed by atoms with Crippen molar-refractivity contribution in [1.82, 2.24) is 15.1 Å². The van der Waals surface area contributed by atoms with Crippen molar-refractivity contribution < 1.29 is 28.6 Å². The number of amides is 3. The molecule has 192 valence electrons. The number of piperidine rings is 1. The van der Waals surface area contributed by atoms with Gasteiger partial charge in [0.05, 0.1) is 20.3 Å². The van der Waals surface area contributed by atoms with Gasteiger partial charge in [-0.05, 0) is 42.5 Å². The fourth-order valence-corrected chi connectivity index (χ4v) is 4.89. The first-order chi connectivity index (χ1) is 17.4. The van der Waals surface area contributed by atoms with Crippen molar-refractivity contribution in [2.75, 3.05) is 47.1 Å². The highest BCUT2D eigenvalue weighted by Crippen LogP contribution is 2.39.